The lowest BCUT2D eigenvalue weighted by Crippen LogP contribution is -2.36. The molecule has 33 heavy (non-hydrogen) atoms. The second kappa shape index (κ2) is 8.77. The van der Waals surface area contributed by atoms with Gasteiger partial charge in [0.1, 0.15) is 0 Å². The highest BCUT2D eigenvalue weighted by Crippen LogP contribution is 2.46. The highest BCUT2D eigenvalue weighted by atomic mass is 32.2. The number of anilines is 2. The van der Waals surface area contributed by atoms with E-state index in [4.69, 9.17) is 0 Å². The van der Waals surface area contributed by atoms with Crippen molar-refractivity contribution >= 4 is 32.2 Å². The maximum atomic E-state index is 13.6. The molecule has 2 fully saturated rings. The van der Waals surface area contributed by atoms with Gasteiger partial charge in [0.2, 0.25) is 0 Å². The molecular weight excluding hydrogens is 430 g/mol. The zero-order valence-corrected chi connectivity index (χ0v) is 21.3. The van der Waals surface area contributed by atoms with E-state index in [0.717, 1.165) is 68.4 Å². The summed E-state index contributed by atoms with van der Waals surface area (Å²) in [5.74, 6) is 0.469. The number of sulfonamides is 1. The molecule has 0 bridgehead atoms. The molecule has 0 atom stereocenters. The van der Waals surface area contributed by atoms with Crippen LogP contribution >= 0.6 is 0 Å². The first-order valence-corrected chi connectivity index (χ1v) is 14.2. The molecule has 0 spiro atoms. The molecule has 1 saturated heterocycles. The van der Waals surface area contributed by atoms with Crippen molar-refractivity contribution < 1.29 is 8.42 Å². The van der Waals surface area contributed by atoms with E-state index in [1.807, 2.05) is 6.07 Å². The molecule has 5 rings (SSSR count). The predicted molar refractivity (Wildman–Crippen MR) is 138 cm³/mol. The van der Waals surface area contributed by atoms with Crippen LogP contribution in [0, 0.1) is 11.3 Å². The highest BCUT2D eigenvalue weighted by Gasteiger charge is 2.38. The summed E-state index contributed by atoms with van der Waals surface area (Å²) in [6.07, 6.45) is 7.14. The van der Waals surface area contributed by atoms with Gasteiger partial charge in [0.25, 0.3) is 10.0 Å². The third-order valence-corrected chi connectivity index (χ3v) is 9.39. The van der Waals surface area contributed by atoms with Gasteiger partial charge in [0.15, 0.2) is 0 Å². The fourth-order valence-corrected chi connectivity index (χ4v) is 7.91. The number of rotatable bonds is 4. The molecule has 0 N–H and O–H groups in total. The van der Waals surface area contributed by atoms with Crippen molar-refractivity contribution in [3.05, 3.63) is 30.3 Å². The van der Waals surface area contributed by atoms with Crippen molar-refractivity contribution in [3.8, 4) is 0 Å². The Morgan fingerprint density at radius 2 is 1.64 bits per heavy atom. The van der Waals surface area contributed by atoms with E-state index < -0.39 is 10.0 Å². The topological polar surface area (TPSA) is 43.9 Å². The van der Waals surface area contributed by atoms with Crippen LogP contribution in [0.2, 0.25) is 0 Å². The normalized spacial score (nSPS) is 22.2. The summed E-state index contributed by atoms with van der Waals surface area (Å²) in [5.41, 5.74) is 2.37. The lowest BCUT2D eigenvalue weighted by atomic mass is 9.89. The standard InChI is InChI=1S/C27H39N3O2S/c1-27(2,3)20-28-15-8-16-29(18-17-28)23-13-14-24-26-22(23)11-7-12-25(26)33(31,32)30(24)19-21-9-5-4-6-10-21/h7,11-14,21H,4-6,8-10,15-20H2,1-3H3. The maximum Gasteiger partial charge on any atom is 0.265 e. The first-order valence-electron chi connectivity index (χ1n) is 12.8. The lowest BCUT2D eigenvalue weighted by Gasteiger charge is -2.29. The molecule has 5 nitrogen and oxygen atoms in total. The molecule has 0 unspecified atom stereocenters. The van der Waals surface area contributed by atoms with Crippen molar-refractivity contribution in [2.45, 2.75) is 64.2 Å². The minimum absolute atomic E-state index is 0.299. The molecule has 6 heteroatoms. The van der Waals surface area contributed by atoms with E-state index in [0.29, 0.717) is 22.8 Å². The molecule has 0 radical (unpaired) electrons. The number of hydrogen-bond donors (Lipinski definition) is 0. The highest BCUT2D eigenvalue weighted by molar-refractivity contribution is 7.93. The maximum absolute atomic E-state index is 13.6. The van der Waals surface area contributed by atoms with Crippen LogP contribution in [0.1, 0.15) is 59.3 Å². The van der Waals surface area contributed by atoms with Crippen LogP contribution in [0.4, 0.5) is 11.4 Å². The predicted octanol–water partition coefficient (Wildman–Crippen LogP) is 5.49. The third-order valence-electron chi connectivity index (χ3n) is 7.57. The molecule has 2 aliphatic heterocycles. The third kappa shape index (κ3) is 4.49. The Bertz CT molecular complexity index is 1120. The van der Waals surface area contributed by atoms with Gasteiger partial charge in [-0.3, -0.25) is 4.31 Å². The van der Waals surface area contributed by atoms with Gasteiger partial charge in [-0.2, -0.15) is 0 Å². The monoisotopic (exact) mass is 469 g/mol. The molecule has 2 aromatic carbocycles. The van der Waals surface area contributed by atoms with E-state index in [2.05, 4.69) is 48.8 Å². The van der Waals surface area contributed by atoms with Crippen LogP contribution in [-0.2, 0) is 10.0 Å². The molecule has 1 saturated carbocycles. The zero-order valence-electron chi connectivity index (χ0n) is 20.5. The van der Waals surface area contributed by atoms with Crippen LogP contribution < -0.4 is 9.21 Å². The summed E-state index contributed by atoms with van der Waals surface area (Å²) < 4.78 is 28.8. The SMILES string of the molecule is CC(C)(C)CN1CCCN(c2ccc3c4c(cccc24)S(=O)(=O)N3CC2CCCCC2)CC1. The van der Waals surface area contributed by atoms with Crippen molar-refractivity contribution in [2.75, 3.05) is 48.5 Å². The summed E-state index contributed by atoms with van der Waals surface area (Å²) >= 11 is 0. The molecule has 0 amide bonds. The quantitative estimate of drug-likeness (QED) is 0.594. The minimum atomic E-state index is -3.48. The van der Waals surface area contributed by atoms with Crippen LogP contribution in [0.5, 0.6) is 0 Å². The van der Waals surface area contributed by atoms with Crippen molar-refractivity contribution in [1.29, 1.82) is 0 Å². The Morgan fingerprint density at radius 1 is 0.879 bits per heavy atom. The fraction of sp³-hybridized carbons (Fsp3) is 0.630. The Hall–Kier alpha value is -1.79. The summed E-state index contributed by atoms with van der Waals surface area (Å²) in [6.45, 7) is 12.8. The van der Waals surface area contributed by atoms with Crippen molar-refractivity contribution in [2.24, 2.45) is 11.3 Å². The molecule has 0 aromatic heterocycles. The largest absolute Gasteiger partial charge is 0.370 e. The number of benzene rings is 2. The van der Waals surface area contributed by atoms with Crippen molar-refractivity contribution in [3.63, 3.8) is 0 Å². The smallest absolute Gasteiger partial charge is 0.265 e. The van der Waals surface area contributed by atoms with Crippen LogP contribution in [0.25, 0.3) is 10.8 Å². The second-order valence-corrected chi connectivity index (χ2v) is 13.3. The first kappa shape index (κ1) is 23.0. The molecule has 2 heterocycles. The van der Waals surface area contributed by atoms with E-state index in [-0.39, 0.29) is 0 Å². The lowest BCUT2D eigenvalue weighted by molar-refractivity contribution is 0.202. The van der Waals surface area contributed by atoms with Gasteiger partial charge >= 0.3 is 0 Å². The van der Waals surface area contributed by atoms with Crippen LogP contribution in [0.3, 0.4) is 0 Å². The Labute approximate surface area is 199 Å². The Morgan fingerprint density at radius 3 is 2.39 bits per heavy atom. The molecule has 180 valence electrons. The zero-order chi connectivity index (χ0) is 23.2. The minimum Gasteiger partial charge on any atom is -0.370 e. The van der Waals surface area contributed by atoms with Crippen LogP contribution in [-0.4, -0.2) is 52.6 Å². The summed E-state index contributed by atoms with van der Waals surface area (Å²) in [6, 6.07) is 10.1. The van der Waals surface area contributed by atoms with Gasteiger partial charge in [0.05, 0.1) is 10.6 Å². The Balaban J connectivity index is 1.46. The number of nitrogens with zero attached hydrogens (tertiary/aromatic N) is 3. The van der Waals surface area contributed by atoms with E-state index in [9.17, 15) is 8.42 Å². The van der Waals surface area contributed by atoms with E-state index in [1.54, 1.807) is 10.4 Å². The van der Waals surface area contributed by atoms with Crippen molar-refractivity contribution in [1.82, 2.24) is 4.90 Å². The fourth-order valence-electron chi connectivity index (χ4n) is 6.13. The first-order chi connectivity index (χ1) is 15.7. The van der Waals surface area contributed by atoms with Gasteiger partial charge in [-0.15, -0.1) is 0 Å². The summed E-state index contributed by atoms with van der Waals surface area (Å²) in [5, 5.41) is 2.02. The molecular formula is C27H39N3O2S. The summed E-state index contributed by atoms with van der Waals surface area (Å²) in [7, 11) is -3.48. The van der Waals surface area contributed by atoms with E-state index >= 15 is 0 Å². The van der Waals surface area contributed by atoms with Gasteiger partial charge < -0.3 is 9.80 Å². The molecule has 2 aromatic rings. The molecule has 3 aliphatic rings. The number of hydrogen-bond acceptors (Lipinski definition) is 4. The van der Waals surface area contributed by atoms with Crippen LogP contribution in [0.15, 0.2) is 35.2 Å². The van der Waals surface area contributed by atoms with E-state index in [1.165, 1.54) is 24.9 Å². The van der Waals surface area contributed by atoms with Gasteiger partial charge in [-0.25, -0.2) is 8.42 Å². The Kier molecular flexibility index (Phi) is 6.11. The molecule has 1 aliphatic carbocycles. The van der Waals surface area contributed by atoms with Gasteiger partial charge in [-0.1, -0.05) is 52.2 Å². The summed E-state index contributed by atoms with van der Waals surface area (Å²) in [4.78, 5) is 5.55. The van der Waals surface area contributed by atoms with Gasteiger partial charge in [0, 0.05) is 49.2 Å². The second-order valence-electron chi connectivity index (χ2n) is 11.5. The average molecular weight is 470 g/mol. The van der Waals surface area contributed by atoms with Gasteiger partial charge in [-0.05, 0) is 55.3 Å². The average Bonchev–Trinajstić information content (AvgIpc) is 2.90.